The number of hydrogen-bond acceptors (Lipinski definition) is 7. The fourth-order valence-electron chi connectivity index (χ4n) is 2.16. The lowest BCUT2D eigenvalue weighted by atomic mass is 10.1. The highest BCUT2D eigenvalue weighted by molar-refractivity contribution is 7.86. The Kier molecular flexibility index (Phi) is 3.64. The highest BCUT2D eigenvalue weighted by atomic mass is 32.2. The number of rotatable bonds is 4. The molecule has 0 radical (unpaired) electrons. The second kappa shape index (κ2) is 5.53. The van der Waals surface area contributed by atoms with E-state index in [1.54, 1.807) is 0 Å². The Hall–Kier alpha value is -3.08. The standard InChI is InChI=1S/C13H12N4O6S/c1-22-10-5-7(23-24(2,20)21)3-4-8(10)9-6-17-11(14-9)12(18)15-13(19)16-17/h3-6H,1-2H3,(H2,15,16,18,19). The lowest BCUT2D eigenvalue weighted by molar-refractivity contribution is 0.413. The largest absolute Gasteiger partial charge is 0.496 e. The van der Waals surface area contributed by atoms with Crippen LogP contribution < -0.4 is 20.2 Å². The number of fused-ring (bicyclic) bond motifs is 1. The molecule has 0 unspecified atom stereocenters. The van der Waals surface area contributed by atoms with Crippen LogP contribution in [-0.2, 0) is 10.1 Å². The summed E-state index contributed by atoms with van der Waals surface area (Å²) in [7, 11) is -2.27. The van der Waals surface area contributed by atoms with Crippen LogP contribution in [0.15, 0.2) is 34.0 Å². The number of benzene rings is 1. The normalized spacial score (nSPS) is 11.6. The number of H-pyrrole nitrogens is 2. The summed E-state index contributed by atoms with van der Waals surface area (Å²) in [6.45, 7) is 0. The van der Waals surface area contributed by atoms with E-state index in [9.17, 15) is 18.0 Å². The Morgan fingerprint density at radius 2 is 2.00 bits per heavy atom. The topological polar surface area (TPSA) is 136 Å². The van der Waals surface area contributed by atoms with E-state index in [1.807, 2.05) is 0 Å². The molecule has 0 spiro atoms. The first-order chi connectivity index (χ1) is 11.3. The number of nitrogens with zero attached hydrogens (tertiary/aromatic N) is 2. The zero-order valence-electron chi connectivity index (χ0n) is 12.6. The maximum atomic E-state index is 11.7. The third-order valence-electron chi connectivity index (χ3n) is 3.05. The van der Waals surface area contributed by atoms with Crippen LogP contribution in [0.1, 0.15) is 0 Å². The summed E-state index contributed by atoms with van der Waals surface area (Å²) >= 11 is 0. The monoisotopic (exact) mass is 352 g/mol. The molecule has 0 atom stereocenters. The Morgan fingerprint density at radius 3 is 2.67 bits per heavy atom. The summed E-state index contributed by atoms with van der Waals surface area (Å²) in [6, 6.07) is 4.34. The predicted octanol–water partition coefficient (Wildman–Crippen LogP) is -0.275. The Bertz CT molecular complexity index is 1140. The van der Waals surface area contributed by atoms with Gasteiger partial charge in [-0.1, -0.05) is 0 Å². The smallest absolute Gasteiger partial charge is 0.340 e. The van der Waals surface area contributed by atoms with Crippen LogP contribution in [0.5, 0.6) is 11.5 Å². The summed E-state index contributed by atoms with van der Waals surface area (Å²) < 4.78 is 33.6. The van der Waals surface area contributed by atoms with Crippen LogP contribution in [0.2, 0.25) is 0 Å². The van der Waals surface area contributed by atoms with Gasteiger partial charge < -0.3 is 8.92 Å². The first-order valence-electron chi connectivity index (χ1n) is 6.56. The van der Waals surface area contributed by atoms with E-state index in [0.717, 1.165) is 6.26 Å². The second-order valence-electron chi connectivity index (χ2n) is 4.86. The molecule has 0 saturated carbocycles. The first-order valence-corrected chi connectivity index (χ1v) is 8.38. The van der Waals surface area contributed by atoms with E-state index >= 15 is 0 Å². The van der Waals surface area contributed by atoms with Crippen molar-refractivity contribution in [3.8, 4) is 22.8 Å². The molecule has 0 amide bonds. The Balaban J connectivity index is 2.14. The number of imidazole rings is 1. The van der Waals surface area contributed by atoms with Crippen molar-refractivity contribution in [1.29, 1.82) is 0 Å². The van der Waals surface area contributed by atoms with Crippen LogP contribution in [0.3, 0.4) is 0 Å². The molecule has 0 saturated heterocycles. The molecule has 0 aliphatic rings. The van der Waals surface area contributed by atoms with Crippen LogP contribution in [0.4, 0.5) is 0 Å². The van der Waals surface area contributed by atoms with Gasteiger partial charge in [-0.15, -0.1) is 0 Å². The van der Waals surface area contributed by atoms with Crippen molar-refractivity contribution in [2.75, 3.05) is 13.4 Å². The molecular weight excluding hydrogens is 340 g/mol. The predicted molar refractivity (Wildman–Crippen MR) is 83.9 cm³/mol. The third kappa shape index (κ3) is 3.01. The van der Waals surface area contributed by atoms with Crippen molar-refractivity contribution in [2.45, 2.75) is 0 Å². The molecule has 2 N–H and O–H groups in total. The molecule has 0 aliphatic carbocycles. The summed E-state index contributed by atoms with van der Waals surface area (Å²) in [4.78, 5) is 29.2. The molecule has 11 heteroatoms. The van der Waals surface area contributed by atoms with E-state index in [-0.39, 0.29) is 11.4 Å². The molecule has 3 rings (SSSR count). The molecule has 0 aliphatic heterocycles. The third-order valence-corrected chi connectivity index (χ3v) is 3.55. The van der Waals surface area contributed by atoms with Gasteiger partial charge in [0.15, 0.2) is 0 Å². The molecule has 10 nitrogen and oxygen atoms in total. The summed E-state index contributed by atoms with van der Waals surface area (Å²) in [6.07, 6.45) is 2.37. The van der Waals surface area contributed by atoms with Gasteiger partial charge in [0.25, 0.3) is 5.56 Å². The van der Waals surface area contributed by atoms with E-state index in [4.69, 9.17) is 8.92 Å². The number of ether oxygens (including phenoxy) is 1. The molecule has 126 valence electrons. The molecule has 0 bridgehead atoms. The van der Waals surface area contributed by atoms with Gasteiger partial charge in [-0.05, 0) is 12.1 Å². The molecular formula is C13H12N4O6S. The second-order valence-corrected chi connectivity index (χ2v) is 6.44. The minimum absolute atomic E-state index is 0.00288. The average Bonchev–Trinajstić information content (AvgIpc) is 2.89. The minimum atomic E-state index is -3.67. The van der Waals surface area contributed by atoms with Gasteiger partial charge in [-0.2, -0.15) is 8.42 Å². The van der Waals surface area contributed by atoms with Crippen LogP contribution in [-0.4, -0.2) is 41.4 Å². The SMILES string of the molecule is COc1cc(OS(C)(=O)=O)ccc1-c1cn2[nH]c(=O)[nH]c(=O)c2n1. The van der Waals surface area contributed by atoms with Crippen molar-refractivity contribution in [1.82, 2.24) is 19.6 Å². The van der Waals surface area contributed by atoms with Crippen molar-refractivity contribution in [3.63, 3.8) is 0 Å². The molecule has 3 aromatic rings. The van der Waals surface area contributed by atoms with Crippen LogP contribution >= 0.6 is 0 Å². The van der Waals surface area contributed by atoms with E-state index < -0.39 is 21.4 Å². The van der Waals surface area contributed by atoms with Gasteiger partial charge in [-0.3, -0.25) is 9.78 Å². The Labute approximate surface area is 134 Å². The van der Waals surface area contributed by atoms with Gasteiger partial charge in [0.1, 0.15) is 11.5 Å². The zero-order valence-corrected chi connectivity index (χ0v) is 13.4. The number of methoxy groups -OCH3 is 1. The highest BCUT2D eigenvalue weighted by Crippen LogP contribution is 2.32. The van der Waals surface area contributed by atoms with Gasteiger partial charge in [0.05, 0.1) is 25.3 Å². The number of aromatic nitrogens is 4. The van der Waals surface area contributed by atoms with Crippen molar-refractivity contribution >= 4 is 15.8 Å². The summed E-state index contributed by atoms with van der Waals surface area (Å²) in [5.41, 5.74) is -0.461. The average molecular weight is 352 g/mol. The quantitative estimate of drug-likeness (QED) is 0.617. The fraction of sp³-hybridized carbons (Fsp3) is 0.154. The molecule has 2 aromatic heterocycles. The maximum Gasteiger partial charge on any atom is 0.340 e. The number of aromatic amines is 2. The number of hydrogen-bond donors (Lipinski definition) is 2. The molecule has 0 fully saturated rings. The Morgan fingerprint density at radius 1 is 1.25 bits per heavy atom. The first kappa shape index (κ1) is 15.8. The van der Waals surface area contributed by atoms with Gasteiger partial charge in [0, 0.05) is 11.6 Å². The van der Waals surface area contributed by atoms with Gasteiger partial charge in [-0.25, -0.2) is 19.4 Å². The number of nitrogens with one attached hydrogen (secondary N) is 2. The van der Waals surface area contributed by atoms with E-state index in [0.29, 0.717) is 17.0 Å². The van der Waals surface area contributed by atoms with Gasteiger partial charge in [0.2, 0.25) is 5.65 Å². The van der Waals surface area contributed by atoms with Gasteiger partial charge >= 0.3 is 15.8 Å². The zero-order chi connectivity index (χ0) is 17.5. The molecule has 24 heavy (non-hydrogen) atoms. The van der Waals surface area contributed by atoms with Crippen molar-refractivity contribution < 1.29 is 17.3 Å². The van der Waals surface area contributed by atoms with Crippen molar-refractivity contribution in [3.05, 3.63) is 45.2 Å². The highest BCUT2D eigenvalue weighted by Gasteiger charge is 2.15. The van der Waals surface area contributed by atoms with Crippen LogP contribution in [0, 0.1) is 0 Å². The van der Waals surface area contributed by atoms with E-state index in [1.165, 1.54) is 36.0 Å². The summed E-state index contributed by atoms with van der Waals surface area (Å²) in [5, 5.41) is 2.40. The van der Waals surface area contributed by atoms with Crippen LogP contribution in [0.25, 0.3) is 16.9 Å². The lowest BCUT2D eigenvalue weighted by Gasteiger charge is -2.09. The lowest BCUT2D eigenvalue weighted by Crippen LogP contribution is -2.25. The minimum Gasteiger partial charge on any atom is -0.496 e. The molecule has 1 aromatic carbocycles. The summed E-state index contributed by atoms with van der Waals surface area (Å²) in [5.74, 6) is 0.367. The van der Waals surface area contributed by atoms with Crippen molar-refractivity contribution in [2.24, 2.45) is 0 Å². The fourth-order valence-corrected chi connectivity index (χ4v) is 2.61. The van der Waals surface area contributed by atoms with E-state index in [2.05, 4.69) is 15.1 Å². The molecule has 2 heterocycles. The maximum absolute atomic E-state index is 11.7.